The van der Waals surface area contributed by atoms with Crippen LogP contribution in [0.3, 0.4) is 0 Å². The quantitative estimate of drug-likeness (QED) is 0.0447. The number of nitrogens with one attached hydrogen (secondary N) is 4. The Balaban J connectivity index is -0.0000000438. The van der Waals surface area contributed by atoms with Crippen molar-refractivity contribution in [2.75, 3.05) is 236 Å². The van der Waals surface area contributed by atoms with Crippen molar-refractivity contribution in [3.8, 4) is 0 Å². The highest BCUT2D eigenvalue weighted by atomic mass is 16.5. The van der Waals surface area contributed by atoms with E-state index < -0.39 is 0 Å². The first-order valence-electron chi connectivity index (χ1n) is 44.7. The number of carbonyl (C=O) groups is 4. The smallest absolute Gasteiger partial charge is 0.222 e. The molecule has 0 rings (SSSR count). The maximum Gasteiger partial charge on any atom is 0.222 e. The van der Waals surface area contributed by atoms with Gasteiger partial charge in [-0.1, -0.05) is 251 Å². The molecule has 698 valence electrons. The van der Waals surface area contributed by atoms with E-state index in [0.29, 0.717) is 12.5 Å². The number of hydrogen-bond donors (Lipinski definition) is 4. The summed E-state index contributed by atoms with van der Waals surface area (Å²) in [6.45, 7) is 97.2. The van der Waals surface area contributed by atoms with Crippen molar-refractivity contribution in [1.29, 1.82) is 0 Å². The van der Waals surface area contributed by atoms with Crippen LogP contribution < -0.4 is 21.3 Å². The third-order valence-corrected chi connectivity index (χ3v) is 13.7. The molecular formula is C91H226N12O8. The van der Waals surface area contributed by atoms with Crippen LogP contribution in [0.15, 0.2) is 0 Å². The summed E-state index contributed by atoms with van der Waals surface area (Å²) >= 11 is 0. The third-order valence-electron chi connectivity index (χ3n) is 13.7. The van der Waals surface area contributed by atoms with Crippen LogP contribution in [0.4, 0.5) is 0 Å². The van der Waals surface area contributed by atoms with E-state index in [2.05, 4.69) is 259 Å². The summed E-state index contributed by atoms with van der Waals surface area (Å²) in [6.07, 6.45) is 18.8. The first-order valence-corrected chi connectivity index (χ1v) is 44.7. The number of unbranched alkanes of at least 4 members (excludes halogenated alkanes) is 6. The summed E-state index contributed by atoms with van der Waals surface area (Å²) in [6, 6.07) is 0.648. The lowest BCUT2D eigenvalue weighted by molar-refractivity contribution is -0.129. The second-order valence-electron chi connectivity index (χ2n) is 25.5. The highest BCUT2D eigenvalue weighted by Gasteiger charge is 2.00. The van der Waals surface area contributed by atoms with Gasteiger partial charge in [0.2, 0.25) is 23.6 Å². The lowest BCUT2D eigenvalue weighted by Gasteiger charge is -2.13. The Kier molecular flexibility index (Phi) is 265. The molecule has 0 fully saturated rings. The van der Waals surface area contributed by atoms with Crippen molar-refractivity contribution < 1.29 is 38.1 Å². The predicted octanol–water partition coefficient (Wildman–Crippen LogP) is 20.8. The zero-order valence-electron chi connectivity index (χ0n) is 86.6. The van der Waals surface area contributed by atoms with Gasteiger partial charge in [-0.25, -0.2) is 0 Å². The van der Waals surface area contributed by atoms with Crippen LogP contribution in [0.5, 0.6) is 0 Å². The maximum absolute atomic E-state index is 10.7. The van der Waals surface area contributed by atoms with Crippen molar-refractivity contribution in [1.82, 2.24) is 60.5 Å². The summed E-state index contributed by atoms with van der Waals surface area (Å²) in [5, 5.41) is 12.4. The molecule has 4 amide bonds. The van der Waals surface area contributed by atoms with Gasteiger partial charge in [0.05, 0.1) is 0 Å². The number of methoxy groups -OCH3 is 2. The van der Waals surface area contributed by atoms with Gasteiger partial charge in [0.1, 0.15) is 0 Å². The van der Waals surface area contributed by atoms with Gasteiger partial charge < -0.3 is 79.4 Å². The molecule has 4 N–H and O–H groups in total. The molecule has 0 aliphatic rings. The van der Waals surface area contributed by atoms with Crippen molar-refractivity contribution in [2.45, 2.75) is 352 Å². The molecule has 0 atom stereocenters. The van der Waals surface area contributed by atoms with Crippen LogP contribution in [-0.2, 0) is 38.1 Å². The van der Waals surface area contributed by atoms with Crippen LogP contribution >= 0.6 is 0 Å². The predicted molar refractivity (Wildman–Crippen MR) is 513 cm³/mol. The minimum Gasteiger partial charge on any atom is -0.388 e. The van der Waals surface area contributed by atoms with Gasteiger partial charge in [-0.15, -0.1) is 0 Å². The van der Waals surface area contributed by atoms with Gasteiger partial charge in [-0.2, -0.15) is 0 Å². The maximum atomic E-state index is 10.7. The third kappa shape index (κ3) is 327. The molecule has 20 nitrogen and oxygen atoms in total. The average molecular weight is 1620 g/mol. The normalized spacial score (nSPS) is 8.77. The van der Waals surface area contributed by atoms with E-state index in [1.165, 1.54) is 122 Å². The zero-order valence-corrected chi connectivity index (χ0v) is 86.6. The minimum absolute atomic E-state index is 0.0926. The Morgan fingerprint density at radius 3 is 0.730 bits per heavy atom. The molecule has 0 aromatic rings. The van der Waals surface area contributed by atoms with Crippen LogP contribution in [0.25, 0.3) is 0 Å². The molecule has 0 spiro atoms. The first-order chi connectivity index (χ1) is 52.3. The molecule has 0 unspecified atom stereocenters. The highest BCUT2D eigenvalue weighted by molar-refractivity contribution is 5.75. The molecule has 0 saturated heterocycles. The van der Waals surface area contributed by atoms with E-state index in [1.54, 1.807) is 71.0 Å². The summed E-state index contributed by atoms with van der Waals surface area (Å²) in [7, 11) is 24.1. The number of nitrogens with zero attached hydrogens (tertiary/aromatic N) is 8. The lowest BCUT2D eigenvalue weighted by Crippen LogP contribution is -2.24. The van der Waals surface area contributed by atoms with Crippen LogP contribution in [0.2, 0.25) is 0 Å². The summed E-state index contributed by atoms with van der Waals surface area (Å²) in [5.41, 5.74) is 0. The molecule has 20 heteroatoms. The van der Waals surface area contributed by atoms with E-state index in [4.69, 9.17) is 9.47 Å². The topological polar surface area (TPSA) is 179 Å². The average Bonchev–Trinajstić information content (AvgIpc) is 1.07. The van der Waals surface area contributed by atoms with Crippen molar-refractivity contribution in [3.63, 3.8) is 0 Å². The molecule has 0 aromatic carbocycles. The zero-order chi connectivity index (χ0) is 92.3. The van der Waals surface area contributed by atoms with E-state index in [1.807, 2.05) is 69.6 Å². The number of ether oxygens (including phenoxy) is 4. The Labute approximate surface area is 706 Å². The summed E-state index contributed by atoms with van der Waals surface area (Å²) in [5.74, 6) is 0.580. The molecule has 0 heterocycles. The second-order valence-corrected chi connectivity index (χ2v) is 25.5. The molecule has 0 saturated carbocycles. The molecule has 111 heavy (non-hydrogen) atoms. The van der Waals surface area contributed by atoms with E-state index in [9.17, 15) is 19.2 Å². The van der Waals surface area contributed by atoms with Crippen molar-refractivity contribution >= 4 is 23.6 Å². The van der Waals surface area contributed by atoms with Crippen LogP contribution in [0, 0.1) is 0 Å². The molecule has 0 bridgehead atoms. The van der Waals surface area contributed by atoms with Crippen LogP contribution in [-0.4, -0.2) is 305 Å². The largest absolute Gasteiger partial charge is 0.388 e. The molecule has 0 aliphatic carbocycles. The Morgan fingerprint density at radius 2 is 0.676 bits per heavy atom. The fourth-order valence-corrected chi connectivity index (χ4v) is 4.95. The fourth-order valence-electron chi connectivity index (χ4n) is 4.95. The number of amides is 4. The van der Waals surface area contributed by atoms with Gasteiger partial charge in [-0.3, -0.25) is 19.2 Å². The van der Waals surface area contributed by atoms with E-state index in [-0.39, 0.29) is 23.6 Å². The van der Waals surface area contributed by atoms with E-state index >= 15 is 0 Å². The Hall–Kier alpha value is -2.60. The highest BCUT2D eigenvalue weighted by Crippen LogP contribution is 1.95. The van der Waals surface area contributed by atoms with Crippen molar-refractivity contribution in [2.24, 2.45) is 0 Å². The Bertz CT molecular complexity index is 1250. The summed E-state index contributed by atoms with van der Waals surface area (Å²) < 4.78 is 18.6. The first kappa shape index (κ1) is 160. The van der Waals surface area contributed by atoms with Crippen molar-refractivity contribution in [3.05, 3.63) is 0 Å². The number of carbonyl (C=O) groups excluding carboxylic acids is 4. The molecule has 0 aromatic heterocycles. The van der Waals surface area contributed by atoms with Crippen LogP contribution in [0.1, 0.15) is 346 Å². The van der Waals surface area contributed by atoms with Gasteiger partial charge in [0.15, 0.2) is 0 Å². The SMILES string of the molecule is CC(=O)N(C)C.CCC.CCC(=O)N(C)CC.CCCC.CCCCC.CCCCCC.CCCN(C)C(C)=O.CCCN(C)CC.CCCNCC.CCCOCC.CCN(C)C.CCN(C)C(C)=O.CCN(C)CC.CCN(CC)CC.CCNC.CCNC(C)C.CCNCC.CCOC.CCOCC.COC. The fraction of sp³-hybridized carbons (Fsp3) is 0.956. The molecular weight excluding hydrogens is 1390 g/mol. The lowest BCUT2D eigenvalue weighted by atomic mass is 10.2. The van der Waals surface area contributed by atoms with Gasteiger partial charge in [-0.05, 0) is 194 Å². The monoisotopic (exact) mass is 1620 g/mol. The number of rotatable bonds is 34. The molecule has 0 radical (unpaired) electrons. The second kappa shape index (κ2) is 184. The standard InChI is InChI=1S/2C6H13NO.2C6H15N.C6H14.C5H11NO.3C5H13N.C5H12O.C5H12.C4H9NO.2C4H11N.C4H10O.C4H10.C3H9N.C3H8O.C3H8.C2H6O/c1-4-5-7(3)6(2)8;1-4-6(8)7(3)5-2;1-4-6-7(3)5-2;1-4-7(5-2)6-3;1-3-5-6-4-2;1-4-6(3)5(2)7;1-4-6(3)5-2;1-4-6-5(2)3;2*1-3-5-6-4-2;1-3-5-4-2;1-4(6)5(2)3;1-4-5(2)3;2*1-3-5-4-2;3*1-3-4-2;2*1-3-2/h2*4-5H2,1-3H3;2*4-6H2,1-3H3;3-6H2,1-2H3;4H2,1-3H3;4-5H2,1-3H3;5-6H,4H2,1-3H3;6H,3-5H2,1-2H3;3-5H2,1-2H3;3-5H2,1-2H3;1-3H3;4H2,1-3H3;5H,3-4H2,1-2H3;3-4H2,1-2H3;3-4H2,1-2H3;4H,3H2,1-2H3;3H2,1-2H3;3H2,1-2H3;1-2H3. The van der Waals surface area contributed by atoms with Gasteiger partial charge in [0.25, 0.3) is 0 Å². The van der Waals surface area contributed by atoms with Gasteiger partial charge >= 0.3 is 0 Å². The van der Waals surface area contributed by atoms with E-state index in [0.717, 1.165) is 124 Å². The minimum atomic E-state index is 0.0926. The van der Waals surface area contributed by atoms with Gasteiger partial charge in [0, 0.05) is 142 Å². The number of hydrogen-bond acceptors (Lipinski definition) is 16. The summed E-state index contributed by atoms with van der Waals surface area (Å²) in [4.78, 5) is 57.2. The Morgan fingerprint density at radius 1 is 0.351 bits per heavy atom. The molecule has 0 aliphatic heterocycles.